The van der Waals surface area contributed by atoms with Gasteiger partial charge in [0.15, 0.2) is 0 Å². The van der Waals surface area contributed by atoms with Gasteiger partial charge in [-0.25, -0.2) is 0 Å². The van der Waals surface area contributed by atoms with Crippen molar-refractivity contribution in [1.82, 2.24) is 0 Å². The molecule has 4 N–H and O–H groups in total. The summed E-state index contributed by atoms with van der Waals surface area (Å²) in [4.78, 5) is 8.78. The molecule has 186 valence electrons. The fraction of sp³-hybridized carbons (Fsp3) is 0.929. The van der Waals surface area contributed by atoms with Crippen molar-refractivity contribution in [3.63, 3.8) is 0 Å². The van der Waals surface area contributed by atoms with E-state index in [4.69, 9.17) is 28.8 Å². The average Bonchev–Trinajstić information content (AvgIpc) is 2.60. The van der Waals surface area contributed by atoms with E-state index in [1.807, 2.05) is 0 Å². The van der Waals surface area contributed by atoms with Gasteiger partial charge in [-0.3, -0.25) is 0 Å². The van der Waals surface area contributed by atoms with Crippen molar-refractivity contribution in [3.8, 4) is 0 Å². The minimum atomic E-state index is -6.00. The first-order valence-corrected chi connectivity index (χ1v) is 8.52. The molecular weight excluding hydrogens is 436 g/mol. The molecule has 0 atom stereocenters. The molecule has 8 nitrogen and oxygen atoms in total. The van der Waals surface area contributed by atoms with Crippen LogP contribution in [0.15, 0.2) is 0 Å². The molecule has 0 aliphatic rings. The van der Waals surface area contributed by atoms with Crippen LogP contribution in [0.3, 0.4) is 0 Å². The number of carboxylic acid groups (broad SMARTS) is 1. The molecule has 0 amide bonds. The third-order valence-electron chi connectivity index (χ3n) is 2.34. The van der Waals surface area contributed by atoms with Crippen LogP contribution in [0.25, 0.3) is 0 Å². The second-order valence-corrected chi connectivity index (χ2v) is 4.98. The van der Waals surface area contributed by atoms with Gasteiger partial charge < -0.3 is 56.7 Å². The lowest BCUT2D eigenvalue weighted by Gasteiger charge is -2.03. The maximum absolute atomic E-state index is 10.5. The Balaban J connectivity index is -0.000000154. The second kappa shape index (κ2) is 25.8. The van der Waals surface area contributed by atoms with Gasteiger partial charge in [0.1, 0.15) is 5.97 Å². The highest BCUT2D eigenvalue weighted by atomic mass is 19.5. The van der Waals surface area contributed by atoms with Crippen LogP contribution in [-0.2, 0) is 23.7 Å². The maximum Gasteiger partial charge on any atom is 0.673 e. The smallest absolute Gasteiger partial charge is 0.542 e. The predicted octanol–water partition coefficient (Wildman–Crippen LogP) is -1.72. The van der Waals surface area contributed by atoms with Gasteiger partial charge in [0, 0.05) is 28.4 Å². The minimum absolute atomic E-state index is 0.823. The third-order valence-corrected chi connectivity index (χ3v) is 2.34. The average molecular weight is 468 g/mol. The Kier molecular flexibility index (Phi) is 31.2. The molecule has 0 saturated carbocycles. The summed E-state index contributed by atoms with van der Waals surface area (Å²) < 4.78 is 89.9. The molecule has 0 bridgehead atoms. The highest BCUT2D eigenvalue weighted by Crippen LogP contribution is 2.11. The van der Waals surface area contributed by atoms with Crippen LogP contribution < -0.4 is 15.7 Å². The summed E-state index contributed by atoms with van der Waals surface area (Å²) >= 11 is 0. The van der Waals surface area contributed by atoms with Crippen molar-refractivity contribution in [2.75, 3.05) is 81.0 Å². The fourth-order valence-electron chi connectivity index (χ4n) is 1.09. The number of halogens is 7. The van der Waals surface area contributed by atoms with E-state index in [-0.39, 0.29) is 0 Å². The van der Waals surface area contributed by atoms with Gasteiger partial charge in [0.05, 0.1) is 52.6 Å². The molecule has 30 heavy (non-hydrogen) atoms. The van der Waals surface area contributed by atoms with Gasteiger partial charge in [-0.15, -0.1) is 0 Å². The zero-order chi connectivity index (χ0) is 24.5. The first-order chi connectivity index (χ1) is 13.8. The number of quaternary nitrogens is 2. The van der Waals surface area contributed by atoms with E-state index >= 15 is 0 Å². The molecule has 0 fully saturated rings. The topological polar surface area (TPSA) is 110 Å². The Labute approximate surface area is 171 Å². The van der Waals surface area contributed by atoms with Crippen molar-refractivity contribution in [1.29, 1.82) is 0 Å². The molecule has 0 spiro atoms. The number of ether oxygens (including phenoxy) is 4. The molecule has 0 saturated heterocycles. The quantitative estimate of drug-likeness (QED) is 0.201. The number of hydrogen-bond donors (Lipinski definition) is 2. The Morgan fingerprint density at radius 2 is 0.900 bits per heavy atom. The molecule has 0 aliphatic carbocycles. The van der Waals surface area contributed by atoms with Crippen LogP contribution >= 0.6 is 0 Å². The molecule has 0 heterocycles. The van der Waals surface area contributed by atoms with Crippen LogP contribution in [0, 0.1) is 0 Å². The van der Waals surface area contributed by atoms with Crippen molar-refractivity contribution in [2.24, 2.45) is 0 Å². The molecule has 0 radical (unpaired) electrons. The van der Waals surface area contributed by atoms with Crippen LogP contribution in [0.4, 0.5) is 30.4 Å². The normalized spacial score (nSPS) is 10.6. The van der Waals surface area contributed by atoms with Gasteiger partial charge in [0.25, 0.3) is 0 Å². The highest BCUT2D eigenvalue weighted by Gasteiger charge is 2.28. The van der Waals surface area contributed by atoms with Crippen molar-refractivity contribution < 1.29 is 69.9 Å². The van der Waals surface area contributed by atoms with Crippen molar-refractivity contribution in [3.05, 3.63) is 0 Å². The minimum Gasteiger partial charge on any atom is -0.542 e. The summed E-state index contributed by atoms with van der Waals surface area (Å²) in [5.41, 5.74) is 0. The van der Waals surface area contributed by atoms with E-state index in [9.17, 15) is 30.4 Å². The molecule has 0 aromatic heterocycles. The molecule has 0 rings (SSSR count). The first-order valence-electron chi connectivity index (χ1n) is 8.52. The number of hydrogen-bond acceptors (Lipinski definition) is 6. The van der Waals surface area contributed by atoms with E-state index in [1.54, 1.807) is 28.4 Å². The predicted molar refractivity (Wildman–Crippen MR) is 92.1 cm³/mol. The summed E-state index contributed by atoms with van der Waals surface area (Å²) in [7, 11) is 0.850. The zero-order valence-corrected chi connectivity index (χ0v) is 17.5. The van der Waals surface area contributed by atoms with Crippen LogP contribution in [0.2, 0.25) is 0 Å². The van der Waals surface area contributed by atoms with E-state index < -0.39 is 19.4 Å². The van der Waals surface area contributed by atoms with Crippen LogP contribution in [0.5, 0.6) is 0 Å². The number of rotatable bonds is 12. The van der Waals surface area contributed by atoms with Gasteiger partial charge in [-0.05, 0) is 0 Å². The van der Waals surface area contributed by atoms with Gasteiger partial charge in [-0.1, -0.05) is 0 Å². The number of carbonyl (C=O) groups excluding carboxylic acids is 1. The number of carbonyl (C=O) groups is 1. The van der Waals surface area contributed by atoms with Gasteiger partial charge >= 0.3 is 13.4 Å². The molecule has 0 aromatic carbocycles. The highest BCUT2D eigenvalue weighted by molar-refractivity contribution is 6.50. The monoisotopic (exact) mass is 468 g/mol. The molecule has 0 unspecified atom stereocenters. The van der Waals surface area contributed by atoms with Gasteiger partial charge in [-0.2, -0.15) is 13.2 Å². The standard InChI is InChI=1S/2C6H15NO2.C2HF3O2.BF4/c2*1-8-5-3-7-4-6-9-2;3-2(4,5)1(6)7;2-1(3,4)5/h2*7H,3-6H2,1-2H3;(H,6,7);/q;;;-1/p+1. The van der Waals surface area contributed by atoms with E-state index in [1.165, 1.54) is 0 Å². The summed E-state index contributed by atoms with van der Waals surface area (Å²) in [5, 5.41) is 13.1. The Morgan fingerprint density at radius 1 is 0.733 bits per heavy atom. The van der Waals surface area contributed by atoms with Gasteiger partial charge in [0.2, 0.25) is 0 Å². The first kappa shape index (κ1) is 36.2. The summed E-state index contributed by atoms with van der Waals surface area (Å²) in [5.74, 6) is -3.01. The molecule has 16 heteroatoms. The Morgan fingerprint density at radius 3 is 1.00 bits per heavy atom. The lowest BCUT2D eigenvalue weighted by Crippen LogP contribution is -2.86. The van der Waals surface area contributed by atoms with Crippen LogP contribution in [-0.4, -0.2) is 100 Å². The number of aliphatic carboxylic acids is 1. The van der Waals surface area contributed by atoms with E-state index in [2.05, 4.69) is 10.6 Å². The van der Waals surface area contributed by atoms with Crippen molar-refractivity contribution >= 4 is 13.2 Å². The summed E-state index contributed by atoms with van der Waals surface area (Å²) in [6.07, 6.45) is -5.19. The summed E-state index contributed by atoms with van der Waals surface area (Å²) in [6, 6.07) is 0. The largest absolute Gasteiger partial charge is 0.673 e. The SMILES string of the molecule is COCC[NH2+]CCOC.COCC[NH2+]CCOC.F[B-](F)(F)F.O=C([O-])C(F)(F)F. The lowest BCUT2D eigenvalue weighted by molar-refractivity contribution is -0.657. The third kappa shape index (κ3) is 63.2. The molecule has 0 aromatic rings. The zero-order valence-electron chi connectivity index (χ0n) is 17.5. The maximum atomic E-state index is 10.5. The summed E-state index contributed by atoms with van der Waals surface area (Å²) in [6.45, 7) is 7.40. The molecule has 0 aliphatic heterocycles. The number of methoxy groups -OCH3 is 4. The van der Waals surface area contributed by atoms with Crippen molar-refractivity contribution in [2.45, 2.75) is 6.18 Å². The van der Waals surface area contributed by atoms with E-state index in [0.717, 1.165) is 52.6 Å². The molecular formula is C14H32BF7N2O6. The van der Waals surface area contributed by atoms with Crippen LogP contribution in [0.1, 0.15) is 0 Å². The second-order valence-electron chi connectivity index (χ2n) is 4.98. The Hall–Kier alpha value is -1.20. The number of nitrogens with two attached hydrogens (primary N) is 2. The number of carboxylic acids is 1. The fourth-order valence-corrected chi connectivity index (χ4v) is 1.09. The lowest BCUT2D eigenvalue weighted by atomic mass is 10.3. The van der Waals surface area contributed by atoms with E-state index in [0.29, 0.717) is 0 Å². The number of alkyl halides is 3. The Bertz CT molecular complexity index is 322.